The van der Waals surface area contributed by atoms with E-state index in [1.807, 2.05) is 24.3 Å². The molecule has 2 aliphatic rings. The molecule has 1 atom stereocenters. The molecule has 0 radical (unpaired) electrons. The molecule has 0 saturated carbocycles. The highest BCUT2D eigenvalue weighted by atomic mass is 32.2. The molecule has 2 N–H and O–H groups in total. The van der Waals surface area contributed by atoms with Crippen LogP contribution in [0.2, 0.25) is 0 Å². The number of carbonyl (C=O) groups excluding carboxylic acids is 3. The molecular formula is C23H18N4O3S. The molecule has 8 heteroatoms. The summed E-state index contributed by atoms with van der Waals surface area (Å²) in [6, 6.07) is 17.7. The Morgan fingerprint density at radius 3 is 2.61 bits per heavy atom. The predicted molar refractivity (Wildman–Crippen MR) is 119 cm³/mol. The molecule has 5 rings (SSSR count). The minimum absolute atomic E-state index is 0.0573. The zero-order chi connectivity index (χ0) is 21.4. The number of nitrogens with zero attached hydrogens (tertiary/aromatic N) is 2. The Labute approximate surface area is 182 Å². The third-order valence-corrected chi connectivity index (χ3v) is 6.82. The smallest absolute Gasteiger partial charge is 0.261 e. The van der Waals surface area contributed by atoms with Crippen LogP contribution in [0.1, 0.15) is 23.2 Å². The Balaban J connectivity index is 1.37. The molecule has 0 bridgehead atoms. The number of anilines is 3. The highest BCUT2D eigenvalue weighted by molar-refractivity contribution is 8.02. The van der Waals surface area contributed by atoms with Crippen LogP contribution in [0, 0.1) is 0 Å². The Morgan fingerprint density at radius 1 is 0.968 bits per heavy atom. The summed E-state index contributed by atoms with van der Waals surface area (Å²) in [4.78, 5) is 44.0. The van der Waals surface area contributed by atoms with E-state index in [-0.39, 0.29) is 17.7 Å². The van der Waals surface area contributed by atoms with E-state index in [9.17, 15) is 14.4 Å². The summed E-state index contributed by atoms with van der Waals surface area (Å²) >= 11 is 1.41. The van der Waals surface area contributed by atoms with Gasteiger partial charge < -0.3 is 10.6 Å². The maximum absolute atomic E-state index is 13.4. The lowest BCUT2D eigenvalue weighted by molar-refractivity contribution is -0.121. The van der Waals surface area contributed by atoms with E-state index < -0.39 is 4.87 Å². The fraction of sp³-hybridized carbons (Fsp3) is 0.130. The van der Waals surface area contributed by atoms with Crippen LogP contribution in [0.4, 0.5) is 17.1 Å². The van der Waals surface area contributed by atoms with E-state index in [4.69, 9.17) is 0 Å². The van der Waals surface area contributed by atoms with Crippen molar-refractivity contribution < 1.29 is 14.4 Å². The van der Waals surface area contributed by atoms with Gasteiger partial charge >= 0.3 is 0 Å². The van der Waals surface area contributed by atoms with Crippen LogP contribution in [-0.2, 0) is 9.59 Å². The van der Waals surface area contributed by atoms with Gasteiger partial charge in [-0.05, 0) is 48.9 Å². The van der Waals surface area contributed by atoms with Gasteiger partial charge in [-0.2, -0.15) is 0 Å². The second-order valence-electron chi connectivity index (χ2n) is 7.31. The van der Waals surface area contributed by atoms with E-state index in [1.165, 1.54) is 11.8 Å². The third kappa shape index (κ3) is 3.34. The number of hydrogen-bond donors (Lipinski definition) is 2. The Kier molecular flexibility index (Phi) is 4.71. The number of fused-ring (bicyclic) bond motifs is 3. The average Bonchev–Trinajstić information content (AvgIpc) is 3.30. The number of benzene rings is 2. The fourth-order valence-electron chi connectivity index (χ4n) is 3.90. The lowest BCUT2D eigenvalue weighted by atomic mass is 10.1. The normalized spacial score (nSPS) is 19.0. The summed E-state index contributed by atoms with van der Waals surface area (Å²) in [5.41, 5.74) is 2.32. The largest absolute Gasteiger partial charge is 0.323 e. The van der Waals surface area contributed by atoms with Crippen molar-refractivity contribution in [3.63, 3.8) is 0 Å². The van der Waals surface area contributed by atoms with Crippen molar-refractivity contribution in [1.29, 1.82) is 0 Å². The fourth-order valence-corrected chi connectivity index (χ4v) is 5.32. The number of thioether (sulfide) groups is 1. The summed E-state index contributed by atoms with van der Waals surface area (Å²) in [6.45, 7) is 0. The first-order valence-corrected chi connectivity index (χ1v) is 10.6. The molecule has 1 aromatic heterocycles. The number of amides is 3. The van der Waals surface area contributed by atoms with E-state index in [0.717, 1.165) is 10.6 Å². The quantitative estimate of drug-likeness (QED) is 0.655. The van der Waals surface area contributed by atoms with E-state index >= 15 is 0 Å². The molecule has 1 unspecified atom stereocenters. The van der Waals surface area contributed by atoms with Gasteiger partial charge in [0.15, 0.2) is 4.87 Å². The molecule has 2 aromatic carbocycles. The van der Waals surface area contributed by atoms with Gasteiger partial charge in [0, 0.05) is 40.6 Å². The van der Waals surface area contributed by atoms with Crippen molar-refractivity contribution in [2.45, 2.75) is 22.6 Å². The Hall–Kier alpha value is -3.65. The van der Waals surface area contributed by atoms with Gasteiger partial charge in [0.05, 0.1) is 5.69 Å². The maximum Gasteiger partial charge on any atom is 0.261 e. The van der Waals surface area contributed by atoms with Gasteiger partial charge in [-0.1, -0.05) is 30.0 Å². The topological polar surface area (TPSA) is 91.4 Å². The van der Waals surface area contributed by atoms with Crippen molar-refractivity contribution in [3.8, 4) is 0 Å². The zero-order valence-corrected chi connectivity index (χ0v) is 17.2. The van der Waals surface area contributed by atoms with Crippen LogP contribution in [-0.4, -0.2) is 27.6 Å². The lowest BCUT2D eigenvalue weighted by Gasteiger charge is -2.29. The first-order chi connectivity index (χ1) is 15.1. The second-order valence-corrected chi connectivity index (χ2v) is 8.63. The van der Waals surface area contributed by atoms with Crippen LogP contribution in [0.15, 0.2) is 78.0 Å². The molecule has 3 amide bonds. The predicted octanol–water partition coefficient (Wildman–Crippen LogP) is 3.90. The number of hydrogen-bond acceptors (Lipinski definition) is 5. The van der Waals surface area contributed by atoms with Gasteiger partial charge in [-0.15, -0.1) is 0 Å². The van der Waals surface area contributed by atoms with Gasteiger partial charge in [-0.25, -0.2) is 0 Å². The number of nitrogens with one attached hydrogen (secondary N) is 2. The van der Waals surface area contributed by atoms with E-state index in [1.54, 1.807) is 53.7 Å². The van der Waals surface area contributed by atoms with Crippen molar-refractivity contribution in [2.24, 2.45) is 0 Å². The number of carbonyl (C=O) groups is 3. The van der Waals surface area contributed by atoms with Gasteiger partial charge in [0.25, 0.3) is 11.8 Å². The van der Waals surface area contributed by atoms with Crippen molar-refractivity contribution >= 4 is 46.5 Å². The summed E-state index contributed by atoms with van der Waals surface area (Å²) < 4.78 is 0. The van der Waals surface area contributed by atoms with Crippen LogP contribution in [0.25, 0.3) is 0 Å². The van der Waals surface area contributed by atoms with Crippen LogP contribution >= 0.6 is 11.8 Å². The third-order valence-electron chi connectivity index (χ3n) is 5.35. The second kappa shape index (κ2) is 7.55. The SMILES string of the molecule is O=C(Nc1ccncc1)c1cccc(NC(=O)C23CCC(=O)N2c2ccccc2S3)c1. The number of pyridine rings is 1. The lowest BCUT2D eigenvalue weighted by Crippen LogP contribution is -2.49. The molecule has 31 heavy (non-hydrogen) atoms. The molecule has 1 fully saturated rings. The summed E-state index contributed by atoms with van der Waals surface area (Å²) in [5.74, 6) is -0.620. The number of para-hydroxylation sites is 1. The van der Waals surface area contributed by atoms with Gasteiger partial charge in [0.2, 0.25) is 5.91 Å². The van der Waals surface area contributed by atoms with Gasteiger partial charge in [0.1, 0.15) is 0 Å². The standard InChI is InChI=1S/C23H18N4O3S/c28-20-8-11-23(27(20)18-6-1-2-7-19(18)31-23)22(30)26-17-5-3-4-15(14-17)21(29)25-16-9-12-24-13-10-16/h1-7,9-10,12-14H,8,11H2,(H,26,30)(H,24,25,29). The van der Waals surface area contributed by atoms with Crippen molar-refractivity contribution in [2.75, 3.05) is 15.5 Å². The molecule has 3 aromatic rings. The monoisotopic (exact) mass is 430 g/mol. The summed E-state index contributed by atoms with van der Waals surface area (Å²) in [5, 5.41) is 5.72. The summed E-state index contributed by atoms with van der Waals surface area (Å²) in [7, 11) is 0. The number of aromatic nitrogens is 1. The Bertz CT molecular complexity index is 1200. The molecular weight excluding hydrogens is 412 g/mol. The van der Waals surface area contributed by atoms with E-state index in [0.29, 0.717) is 29.8 Å². The molecule has 3 heterocycles. The molecule has 2 aliphatic heterocycles. The first-order valence-electron chi connectivity index (χ1n) is 9.81. The maximum atomic E-state index is 13.4. The number of rotatable bonds is 4. The zero-order valence-electron chi connectivity index (χ0n) is 16.4. The molecule has 154 valence electrons. The van der Waals surface area contributed by atoms with Crippen molar-refractivity contribution in [3.05, 3.63) is 78.6 Å². The highest BCUT2D eigenvalue weighted by Crippen LogP contribution is 2.56. The minimum Gasteiger partial charge on any atom is -0.323 e. The average molecular weight is 430 g/mol. The minimum atomic E-state index is -1.00. The molecule has 7 nitrogen and oxygen atoms in total. The van der Waals surface area contributed by atoms with Crippen LogP contribution < -0.4 is 15.5 Å². The first kappa shape index (κ1) is 19.3. The highest BCUT2D eigenvalue weighted by Gasteiger charge is 2.57. The van der Waals surface area contributed by atoms with Crippen LogP contribution in [0.5, 0.6) is 0 Å². The van der Waals surface area contributed by atoms with Crippen LogP contribution in [0.3, 0.4) is 0 Å². The van der Waals surface area contributed by atoms with E-state index in [2.05, 4.69) is 15.6 Å². The molecule has 0 spiro atoms. The van der Waals surface area contributed by atoms with Gasteiger partial charge in [-0.3, -0.25) is 24.3 Å². The molecule has 0 aliphatic carbocycles. The van der Waals surface area contributed by atoms with Crippen molar-refractivity contribution in [1.82, 2.24) is 4.98 Å². The Morgan fingerprint density at radius 2 is 1.77 bits per heavy atom. The summed E-state index contributed by atoms with van der Waals surface area (Å²) in [6.07, 6.45) is 3.94. The molecule has 1 saturated heterocycles.